The highest BCUT2D eigenvalue weighted by Crippen LogP contribution is 2.57. The van der Waals surface area contributed by atoms with Gasteiger partial charge in [-0.3, -0.25) is 0 Å². The van der Waals surface area contributed by atoms with Crippen LogP contribution in [-0.4, -0.2) is 24.5 Å². The Morgan fingerprint density at radius 1 is 1.00 bits per heavy atom. The van der Waals surface area contributed by atoms with Gasteiger partial charge in [0.15, 0.2) is 5.60 Å². The first-order valence-electron chi connectivity index (χ1n) is 11.6. The number of benzene rings is 3. The fourth-order valence-electron chi connectivity index (χ4n) is 4.88. The van der Waals surface area contributed by atoms with E-state index >= 15 is 0 Å². The summed E-state index contributed by atoms with van der Waals surface area (Å²) < 4.78 is 28.1. The molecule has 2 aliphatic heterocycles. The Kier molecular flexibility index (Phi) is 5.16. The van der Waals surface area contributed by atoms with E-state index in [-0.39, 0.29) is 40.4 Å². The van der Waals surface area contributed by atoms with Crippen molar-refractivity contribution < 1.29 is 37.7 Å². The summed E-state index contributed by atoms with van der Waals surface area (Å²) >= 11 is 0. The van der Waals surface area contributed by atoms with Crippen molar-refractivity contribution in [2.24, 2.45) is 0 Å². The minimum atomic E-state index is -1.42. The summed E-state index contributed by atoms with van der Waals surface area (Å²) in [5.41, 5.74) is -0.556. The van der Waals surface area contributed by atoms with Crippen LogP contribution in [-0.2, 0) is 19.9 Å². The molecule has 9 nitrogen and oxygen atoms in total. The van der Waals surface area contributed by atoms with Crippen molar-refractivity contribution in [3.05, 3.63) is 112 Å². The number of carbonyl (C=O) groups is 3. The van der Waals surface area contributed by atoms with Crippen molar-refractivity contribution in [1.82, 2.24) is 0 Å². The number of hydrogen-bond acceptors (Lipinski definition) is 9. The fourth-order valence-corrected chi connectivity index (χ4v) is 4.88. The Morgan fingerprint density at radius 3 is 2.58 bits per heavy atom. The molecule has 0 amide bonds. The molecule has 0 fully saturated rings. The summed E-state index contributed by atoms with van der Waals surface area (Å²) in [7, 11) is 0. The molecular weight excluding hydrogens is 492 g/mol. The summed E-state index contributed by atoms with van der Waals surface area (Å²) in [6, 6.07) is 16.2. The number of hydrogen-bond donors (Lipinski definition) is 0. The van der Waals surface area contributed by atoms with Crippen LogP contribution in [0.4, 0.5) is 0 Å². The van der Waals surface area contributed by atoms with E-state index in [4.69, 9.17) is 23.4 Å². The standard InChI is InChI=1S/C29H18O9/c1-3-24(30)35-15-9-10-20-23(13-15)36-25-17-14-18(26(31)34-4-2)27(32)37-22(17)12-11-21(25)29(20)19-8-6-5-7-16(19)28(33)38-29/h3,5-14H,1,4H2,2H3. The zero-order valence-corrected chi connectivity index (χ0v) is 19.9. The van der Waals surface area contributed by atoms with E-state index in [9.17, 15) is 19.2 Å². The van der Waals surface area contributed by atoms with E-state index in [0.717, 1.165) is 6.08 Å². The van der Waals surface area contributed by atoms with Crippen molar-refractivity contribution in [2.45, 2.75) is 12.5 Å². The lowest BCUT2D eigenvalue weighted by atomic mass is 9.77. The first-order valence-corrected chi connectivity index (χ1v) is 11.6. The van der Waals surface area contributed by atoms with Gasteiger partial charge in [0.1, 0.15) is 28.4 Å². The quantitative estimate of drug-likeness (QED) is 0.168. The second-order valence-electron chi connectivity index (χ2n) is 8.52. The van der Waals surface area contributed by atoms with Gasteiger partial charge in [-0.25, -0.2) is 19.2 Å². The maximum atomic E-state index is 13.1. The average molecular weight is 510 g/mol. The van der Waals surface area contributed by atoms with Crippen LogP contribution in [0, 0.1) is 0 Å². The predicted molar refractivity (Wildman–Crippen MR) is 133 cm³/mol. The van der Waals surface area contributed by atoms with Gasteiger partial charge >= 0.3 is 23.5 Å². The van der Waals surface area contributed by atoms with Gasteiger partial charge in [-0.1, -0.05) is 24.8 Å². The van der Waals surface area contributed by atoms with Gasteiger partial charge in [0, 0.05) is 28.8 Å². The third-order valence-electron chi connectivity index (χ3n) is 6.44. The predicted octanol–water partition coefficient (Wildman–Crippen LogP) is 4.63. The van der Waals surface area contributed by atoms with E-state index in [1.54, 1.807) is 55.5 Å². The molecule has 0 N–H and O–H groups in total. The molecule has 2 aliphatic rings. The topological polar surface area (TPSA) is 118 Å². The highest BCUT2D eigenvalue weighted by molar-refractivity contribution is 5.99. The van der Waals surface area contributed by atoms with Gasteiger partial charge in [-0.05, 0) is 43.3 Å². The van der Waals surface area contributed by atoms with Crippen LogP contribution in [0.1, 0.15) is 44.3 Å². The minimum absolute atomic E-state index is 0.0646. The molecule has 0 aliphatic carbocycles. The maximum Gasteiger partial charge on any atom is 0.351 e. The molecule has 0 radical (unpaired) electrons. The largest absolute Gasteiger partial charge is 0.462 e. The minimum Gasteiger partial charge on any atom is -0.462 e. The SMILES string of the molecule is C=CC(=O)Oc1ccc2c(c1)Oc1c(ccc3oc(=O)c(C(=O)OCC)cc13)C21OC(=O)c2ccccc21. The molecule has 4 aromatic rings. The zero-order valence-electron chi connectivity index (χ0n) is 19.9. The van der Waals surface area contributed by atoms with Crippen LogP contribution in [0.5, 0.6) is 17.2 Å². The average Bonchev–Trinajstić information content (AvgIpc) is 3.21. The third kappa shape index (κ3) is 3.25. The second-order valence-corrected chi connectivity index (χ2v) is 8.52. The van der Waals surface area contributed by atoms with E-state index < -0.39 is 29.1 Å². The van der Waals surface area contributed by atoms with Crippen molar-refractivity contribution >= 4 is 28.9 Å². The first-order chi connectivity index (χ1) is 18.4. The molecule has 188 valence electrons. The lowest BCUT2D eigenvalue weighted by molar-refractivity contribution is -0.128. The maximum absolute atomic E-state index is 13.1. The summed E-state index contributed by atoms with van der Waals surface area (Å²) in [5.74, 6) is -1.45. The molecular formula is C29H18O9. The van der Waals surface area contributed by atoms with E-state index in [1.165, 1.54) is 12.1 Å². The highest BCUT2D eigenvalue weighted by Gasteiger charge is 2.54. The van der Waals surface area contributed by atoms with Crippen molar-refractivity contribution in [3.8, 4) is 17.2 Å². The van der Waals surface area contributed by atoms with Crippen LogP contribution in [0.3, 0.4) is 0 Å². The van der Waals surface area contributed by atoms with Crippen LogP contribution in [0.15, 0.2) is 82.5 Å². The van der Waals surface area contributed by atoms with Gasteiger partial charge in [0.25, 0.3) is 0 Å². The van der Waals surface area contributed by atoms with Crippen molar-refractivity contribution in [2.75, 3.05) is 6.61 Å². The first kappa shape index (κ1) is 23.2. The molecule has 3 heterocycles. The van der Waals surface area contributed by atoms with Crippen molar-refractivity contribution in [1.29, 1.82) is 0 Å². The summed E-state index contributed by atoms with van der Waals surface area (Å²) in [6.45, 7) is 5.09. The Labute approximate surface area is 214 Å². The smallest absolute Gasteiger partial charge is 0.351 e. The summed E-state index contributed by atoms with van der Waals surface area (Å²) in [4.78, 5) is 49.9. The van der Waals surface area contributed by atoms with Gasteiger partial charge in [-0.2, -0.15) is 0 Å². The van der Waals surface area contributed by atoms with Crippen molar-refractivity contribution in [3.63, 3.8) is 0 Å². The molecule has 6 rings (SSSR count). The van der Waals surface area contributed by atoms with Crippen LogP contribution >= 0.6 is 0 Å². The third-order valence-corrected chi connectivity index (χ3v) is 6.44. The number of carbonyl (C=O) groups excluding carboxylic acids is 3. The Hall–Kier alpha value is -5.18. The van der Waals surface area contributed by atoms with Gasteiger partial charge in [-0.15, -0.1) is 0 Å². The molecule has 0 saturated heterocycles. The number of esters is 3. The molecule has 0 saturated carbocycles. The monoisotopic (exact) mass is 510 g/mol. The number of rotatable bonds is 4. The van der Waals surface area contributed by atoms with Crippen LogP contribution in [0.25, 0.3) is 11.0 Å². The molecule has 1 aromatic heterocycles. The van der Waals surface area contributed by atoms with Gasteiger partial charge < -0.3 is 23.4 Å². The fraction of sp³-hybridized carbons (Fsp3) is 0.103. The van der Waals surface area contributed by atoms with Crippen LogP contribution in [0.2, 0.25) is 0 Å². The summed E-state index contributed by atoms with van der Waals surface area (Å²) in [5, 5.41) is 0.282. The van der Waals surface area contributed by atoms with Gasteiger partial charge in [0.05, 0.1) is 17.6 Å². The van der Waals surface area contributed by atoms with E-state index in [1.807, 2.05) is 0 Å². The van der Waals surface area contributed by atoms with E-state index in [2.05, 4.69) is 6.58 Å². The number of ether oxygens (including phenoxy) is 4. The molecule has 9 heteroatoms. The molecule has 1 unspecified atom stereocenters. The Balaban J connectivity index is 1.66. The lowest BCUT2D eigenvalue weighted by Gasteiger charge is -2.37. The molecule has 38 heavy (non-hydrogen) atoms. The molecule has 1 spiro atoms. The second kappa shape index (κ2) is 8.45. The zero-order chi connectivity index (χ0) is 26.6. The number of fused-ring (bicyclic) bond motifs is 8. The van der Waals surface area contributed by atoms with Gasteiger partial charge in [0.2, 0.25) is 0 Å². The Morgan fingerprint density at radius 2 is 1.79 bits per heavy atom. The normalized spacial score (nSPS) is 16.6. The molecule has 1 atom stereocenters. The molecule has 3 aromatic carbocycles. The molecule has 0 bridgehead atoms. The van der Waals surface area contributed by atoms with Crippen LogP contribution < -0.4 is 15.1 Å². The summed E-state index contributed by atoms with van der Waals surface area (Å²) in [6.07, 6.45) is 1.03. The lowest BCUT2D eigenvalue weighted by Crippen LogP contribution is -2.33. The van der Waals surface area contributed by atoms with E-state index in [0.29, 0.717) is 22.3 Å². The highest BCUT2D eigenvalue weighted by atomic mass is 16.6. The Bertz CT molecular complexity index is 1760.